The molecule has 48 heavy (non-hydrogen) atoms. The van der Waals surface area contributed by atoms with E-state index in [0.29, 0.717) is 5.95 Å². The molecule has 7 aromatic carbocycles. The average molecular weight is 614 g/mol. The molecule has 3 aromatic heterocycles. The first-order valence-electron chi connectivity index (χ1n) is 16.1. The summed E-state index contributed by atoms with van der Waals surface area (Å²) in [6.07, 6.45) is 0. The van der Waals surface area contributed by atoms with Crippen LogP contribution in [0, 0.1) is 0 Å². The molecule has 0 saturated heterocycles. The van der Waals surface area contributed by atoms with Crippen molar-refractivity contribution in [2.45, 2.75) is 0 Å². The maximum absolute atomic E-state index is 5.44. The van der Waals surface area contributed by atoms with Crippen LogP contribution in [0.25, 0.3) is 88.8 Å². The SMILES string of the molecule is c1ccc(-c2nc(-n3c4ccccc4c4c5c(ccc6c5nc(-c5ccccc5)n6-c5ccccc5)ccc43)nc3ccccc23)cc1. The topological polar surface area (TPSA) is 48.5 Å². The molecular weight excluding hydrogens is 587 g/mol. The highest BCUT2D eigenvalue weighted by Gasteiger charge is 2.22. The normalized spacial score (nSPS) is 11.8. The van der Waals surface area contributed by atoms with Gasteiger partial charge in [0.25, 0.3) is 0 Å². The van der Waals surface area contributed by atoms with Crippen LogP contribution in [0.15, 0.2) is 164 Å². The molecule has 0 unspecified atom stereocenters. The molecule has 224 valence electrons. The predicted octanol–water partition coefficient (Wildman–Crippen LogP) is 10.6. The Hall–Kier alpha value is -6.59. The lowest BCUT2D eigenvalue weighted by atomic mass is 10.0. The molecule has 5 heteroatoms. The van der Waals surface area contributed by atoms with Crippen molar-refractivity contribution in [3.8, 4) is 34.3 Å². The fraction of sp³-hybridized carbons (Fsp3) is 0. The van der Waals surface area contributed by atoms with Crippen LogP contribution in [0.3, 0.4) is 0 Å². The Morgan fingerprint density at radius 1 is 0.396 bits per heavy atom. The Bertz CT molecular complexity index is 2820. The van der Waals surface area contributed by atoms with E-state index >= 15 is 0 Å². The summed E-state index contributed by atoms with van der Waals surface area (Å²) < 4.78 is 4.49. The van der Waals surface area contributed by atoms with Crippen LogP contribution in [0.4, 0.5) is 0 Å². The summed E-state index contributed by atoms with van der Waals surface area (Å²) in [4.78, 5) is 15.9. The molecule has 3 heterocycles. The number of fused-ring (bicyclic) bond motifs is 8. The van der Waals surface area contributed by atoms with Crippen molar-refractivity contribution in [3.63, 3.8) is 0 Å². The van der Waals surface area contributed by atoms with Crippen LogP contribution < -0.4 is 0 Å². The number of hydrogen-bond acceptors (Lipinski definition) is 3. The van der Waals surface area contributed by atoms with Crippen molar-refractivity contribution in [1.82, 2.24) is 24.1 Å². The Kier molecular flexibility index (Phi) is 5.81. The predicted molar refractivity (Wildman–Crippen MR) is 197 cm³/mol. The quantitative estimate of drug-likeness (QED) is 0.198. The molecule has 0 saturated carbocycles. The summed E-state index contributed by atoms with van der Waals surface area (Å²) in [5.74, 6) is 1.56. The van der Waals surface area contributed by atoms with Crippen molar-refractivity contribution >= 4 is 54.5 Å². The third-order valence-electron chi connectivity index (χ3n) is 9.33. The van der Waals surface area contributed by atoms with Gasteiger partial charge >= 0.3 is 0 Å². The van der Waals surface area contributed by atoms with Crippen LogP contribution in [0.1, 0.15) is 0 Å². The van der Waals surface area contributed by atoms with Gasteiger partial charge in [-0.25, -0.2) is 15.0 Å². The number of nitrogens with zero attached hydrogens (tertiary/aromatic N) is 5. The van der Waals surface area contributed by atoms with E-state index in [0.717, 1.165) is 82.8 Å². The zero-order valence-corrected chi connectivity index (χ0v) is 25.8. The molecule has 5 nitrogen and oxygen atoms in total. The Balaban J connectivity index is 1.34. The van der Waals surface area contributed by atoms with E-state index in [9.17, 15) is 0 Å². The monoisotopic (exact) mass is 613 g/mol. The number of rotatable bonds is 4. The van der Waals surface area contributed by atoms with Gasteiger partial charge in [-0.05, 0) is 41.8 Å². The zero-order chi connectivity index (χ0) is 31.6. The third-order valence-corrected chi connectivity index (χ3v) is 9.33. The largest absolute Gasteiger partial charge is 0.292 e. The summed E-state index contributed by atoms with van der Waals surface area (Å²) in [6.45, 7) is 0. The van der Waals surface area contributed by atoms with Crippen molar-refractivity contribution in [1.29, 1.82) is 0 Å². The zero-order valence-electron chi connectivity index (χ0n) is 25.8. The summed E-state index contributed by atoms with van der Waals surface area (Å²) in [5, 5.41) is 5.57. The molecule has 0 aliphatic heterocycles. The van der Waals surface area contributed by atoms with Gasteiger partial charge in [0, 0.05) is 38.4 Å². The Morgan fingerprint density at radius 2 is 1.02 bits per heavy atom. The maximum Gasteiger partial charge on any atom is 0.235 e. The molecule has 0 bridgehead atoms. The van der Waals surface area contributed by atoms with Crippen molar-refractivity contribution in [2.24, 2.45) is 0 Å². The number of imidazole rings is 1. The molecule has 10 aromatic rings. The van der Waals surface area contributed by atoms with Gasteiger partial charge in [0.2, 0.25) is 5.95 Å². The van der Waals surface area contributed by atoms with Crippen molar-refractivity contribution in [2.75, 3.05) is 0 Å². The molecular formula is C43H27N5. The lowest BCUT2D eigenvalue weighted by Crippen LogP contribution is -2.03. The second-order valence-corrected chi connectivity index (χ2v) is 12.1. The highest BCUT2D eigenvalue weighted by molar-refractivity contribution is 6.27. The summed E-state index contributed by atoms with van der Waals surface area (Å²) in [7, 11) is 0. The lowest BCUT2D eigenvalue weighted by molar-refractivity contribution is 1.01. The van der Waals surface area contributed by atoms with E-state index in [2.05, 4.69) is 149 Å². The van der Waals surface area contributed by atoms with Gasteiger partial charge in [0.05, 0.1) is 33.3 Å². The van der Waals surface area contributed by atoms with E-state index in [4.69, 9.17) is 15.0 Å². The number of hydrogen-bond donors (Lipinski definition) is 0. The van der Waals surface area contributed by atoms with Gasteiger partial charge in [-0.2, -0.15) is 0 Å². The molecule has 0 fully saturated rings. The van der Waals surface area contributed by atoms with Gasteiger partial charge in [-0.1, -0.05) is 127 Å². The van der Waals surface area contributed by atoms with Gasteiger partial charge in [0.1, 0.15) is 5.82 Å². The van der Waals surface area contributed by atoms with E-state index in [1.165, 1.54) is 0 Å². The first-order chi connectivity index (χ1) is 23.8. The average Bonchev–Trinajstić information content (AvgIpc) is 3.72. The minimum absolute atomic E-state index is 0.644. The number of para-hydroxylation sites is 3. The Labute approximate surface area is 276 Å². The van der Waals surface area contributed by atoms with E-state index in [1.54, 1.807) is 0 Å². The number of aromatic nitrogens is 5. The molecule has 0 aliphatic rings. The summed E-state index contributed by atoms with van der Waals surface area (Å²) in [6, 6.07) is 57.0. The highest BCUT2D eigenvalue weighted by atomic mass is 15.2. The fourth-order valence-electron chi connectivity index (χ4n) is 7.23. The molecule has 0 amide bonds. The highest BCUT2D eigenvalue weighted by Crippen LogP contribution is 2.41. The second kappa shape index (κ2) is 10.5. The van der Waals surface area contributed by atoms with Gasteiger partial charge in [-0.3, -0.25) is 9.13 Å². The van der Waals surface area contributed by atoms with Crippen molar-refractivity contribution < 1.29 is 0 Å². The molecule has 0 aliphatic carbocycles. The third kappa shape index (κ3) is 3.94. The van der Waals surface area contributed by atoms with Crippen LogP contribution in [0.2, 0.25) is 0 Å². The standard InChI is InChI=1S/C43H27N5/c1-4-14-29(15-5-1)40-32-20-10-12-22-34(32)44-43(46-40)48-35-23-13-11-21-33(35)39-36(48)26-24-28-25-27-37-41(38(28)39)45-42(30-16-6-2-7-17-30)47(37)31-18-8-3-9-19-31/h1-27H. The Morgan fingerprint density at radius 3 is 1.79 bits per heavy atom. The fourth-order valence-corrected chi connectivity index (χ4v) is 7.23. The minimum atomic E-state index is 0.644. The van der Waals surface area contributed by atoms with E-state index in [1.807, 2.05) is 24.3 Å². The number of benzene rings is 7. The first kappa shape index (κ1) is 26.6. The van der Waals surface area contributed by atoms with E-state index in [-0.39, 0.29) is 0 Å². The first-order valence-corrected chi connectivity index (χ1v) is 16.1. The summed E-state index contributed by atoms with van der Waals surface area (Å²) >= 11 is 0. The van der Waals surface area contributed by atoms with E-state index < -0.39 is 0 Å². The van der Waals surface area contributed by atoms with Gasteiger partial charge < -0.3 is 0 Å². The van der Waals surface area contributed by atoms with Gasteiger partial charge in [0.15, 0.2) is 0 Å². The molecule has 0 radical (unpaired) electrons. The lowest BCUT2D eigenvalue weighted by Gasteiger charge is -2.12. The van der Waals surface area contributed by atoms with Crippen LogP contribution in [-0.2, 0) is 0 Å². The maximum atomic E-state index is 5.44. The van der Waals surface area contributed by atoms with Crippen LogP contribution in [0.5, 0.6) is 0 Å². The van der Waals surface area contributed by atoms with Crippen LogP contribution >= 0.6 is 0 Å². The van der Waals surface area contributed by atoms with Gasteiger partial charge in [-0.15, -0.1) is 0 Å². The molecule has 0 N–H and O–H groups in total. The van der Waals surface area contributed by atoms with Crippen molar-refractivity contribution in [3.05, 3.63) is 164 Å². The summed E-state index contributed by atoms with van der Waals surface area (Å²) in [5.41, 5.74) is 9.15. The minimum Gasteiger partial charge on any atom is -0.292 e. The molecule has 0 atom stereocenters. The smallest absolute Gasteiger partial charge is 0.235 e. The second-order valence-electron chi connectivity index (χ2n) is 12.1. The molecule has 10 rings (SSSR count). The van der Waals surface area contributed by atoms with Crippen LogP contribution in [-0.4, -0.2) is 24.1 Å². The molecule has 0 spiro atoms.